The smallest absolute Gasteiger partial charge is 0.324 e. The largest absolute Gasteiger partial charge is 0.480 e. The zero-order valence-corrected chi connectivity index (χ0v) is 14.6. The minimum Gasteiger partial charge on any atom is -0.480 e. The third kappa shape index (κ3) is 3.75. The first-order valence-corrected chi connectivity index (χ1v) is 8.53. The zero-order valence-electron chi connectivity index (χ0n) is 12.2. The van der Waals surface area contributed by atoms with Crippen LogP contribution >= 0.6 is 15.9 Å². The number of hydrogen-bond acceptors (Lipinski definition) is 2. The van der Waals surface area contributed by atoms with Crippen molar-refractivity contribution in [2.75, 3.05) is 10.8 Å². The summed E-state index contributed by atoms with van der Waals surface area (Å²) in [7, 11) is -1.59. The molecule has 0 aromatic heterocycles. The maximum absolute atomic E-state index is 12.8. The van der Waals surface area contributed by atoms with Crippen molar-refractivity contribution in [3.05, 3.63) is 58.1 Å². The quantitative estimate of drug-likeness (QED) is 0.858. The van der Waals surface area contributed by atoms with E-state index in [1.165, 1.54) is 4.31 Å². The zero-order chi connectivity index (χ0) is 16.3. The number of carbonyl (C=O) groups is 1. The van der Waals surface area contributed by atoms with Crippen LogP contribution in [-0.4, -0.2) is 21.8 Å². The molecule has 2 rings (SSSR count). The van der Waals surface area contributed by atoms with E-state index >= 15 is 0 Å². The second-order valence-electron chi connectivity index (χ2n) is 4.88. The number of hydrogen-bond donors (Lipinski definition) is 1. The Bertz CT molecular complexity index is 716. The predicted octanol–water partition coefficient (Wildman–Crippen LogP) is 3.68. The van der Waals surface area contributed by atoms with Gasteiger partial charge in [0.25, 0.3) is 0 Å². The maximum atomic E-state index is 12.8. The Morgan fingerprint density at radius 1 is 1.18 bits per heavy atom. The van der Waals surface area contributed by atoms with Gasteiger partial charge in [0, 0.05) is 4.47 Å². The number of nitrogens with zero attached hydrogens (tertiary/aromatic N) is 1. The van der Waals surface area contributed by atoms with Crippen molar-refractivity contribution in [3.8, 4) is 0 Å². The molecule has 1 atom stereocenters. The number of anilines is 1. The molecule has 0 fully saturated rings. The van der Waals surface area contributed by atoms with Gasteiger partial charge in [0.2, 0.25) is 0 Å². The first-order chi connectivity index (χ1) is 10.4. The molecule has 2 aromatic carbocycles. The number of carboxylic acid groups (broad SMARTS) is 1. The van der Waals surface area contributed by atoms with Crippen molar-refractivity contribution in [1.29, 1.82) is 0 Å². The van der Waals surface area contributed by atoms with E-state index in [1.54, 1.807) is 24.3 Å². The van der Waals surface area contributed by atoms with E-state index in [-0.39, 0.29) is 6.54 Å². The lowest BCUT2D eigenvalue weighted by Crippen LogP contribution is -2.32. The third-order valence-electron chi connectivity index (χ3n) is 3.21. The van der Waals surface area contributed by atoms with Crippen molar-refractivity contribution >= 4 is 38.6 Å². The molecule has 0 bridgehead atoms. The van der Waals surface area contributed by atoms with Gasteiger partial charge in [-0.1, -0.05) is 39.7 Å². The highest BCUT2D eigenvalue weighted by atomic mass is 79.9. The highest BCUT2D eigenvalue weighted by Gasteiger charge is 2.21. The second-order valence-corrected chi connectivity index (χ2v) is 7.14. The summed E-state index contributed by atoms with van der Waals surface area (Å²) in [5, 5.41) is 9.16. The molecule has 0 aliphatic rings. The van der Waals surface area contributed by atoms with E-state index in [0.29, 0.717) is 10.6 Å². The predicted molar refractivity (Wildman–Crippen MR) is 91.4 cm³/mol. The lowest BCUT2D eigenvalue weighted by atomic mass is 10.2. The normalized spacial score (nSPS) is 12.0. The van der Waals surface area contributed by atoms with E-state index in [0.717, 1.165) is 15.6 Å². The molecule has 1 unspecified atom stereocenters. The highest BCUT2D eigenvalue weighted by Crippen LogP contribution is 2.29. The van der Waals surface area contributed by atoms with Crippen LogP contribution in [0.2, 0.25) is 0 Å². The van der Waals surface area contributed by atoms with Gasteiger partial charge in [-0.2, -0.15) is 0 Å². The number of aliphatic carboxylic acids is 1. The first kappa shape index (κ1) is 16.7. The Kier molecular flexibility index (Phi) is 5.37. The molecule has 0 amide bonds. The van der Waals surface area contributed by atoms with Gasteiger partial charge in [-0.3, -0.25) is 9.10 Å². The van der Waals surface area contributed by atoms with Gasteiger partial charge in [-0.25, -0.2) is 4.21 Å². The van der Waals surface area contributed by atoms with E-state index in [1.807, 2.05) is 32.0 Å². The lowest BCUT2D eigenvalue weighted by molar-refractivity contribution is -0.135. The number of carboxylic acids is 1. The average Bonchev–Trinajstić information content (AvgIpc) is 2.48. The molecule has 0 heterocycles. The number of aryl methyl sites for hydroxylation is 1. The Morgan fingerprint density at radius 3 is 2.41 bits per heavy atom. The minimum atomic E-state index is -1.59. The van der Waals surface area contributed by atoms with Crippen molar-refractivity contribution in [2.45, 2.75) is 18.7 Å². The molecule has 0 aliphatic carbocycles. The number of benzene rings is 2. The molecule has 116 valence electrons. The summed E-state index contributed by atoms with van der Waals surface area (Å²) in [6.07, 6.45) is 0. The molecule has 1 N–H and O–H groups in total. The monoisotopic (exact) mass is 381 g/mol. The fourth-order valence-electron chi connectivity index (χ4n) is 2.00. The molecular formula is C16H16BrNO3S. The molecule has 0 saturated carbocycles. The summed E-state index contributed by atoms with van der Waals surface area (Å²) in [6.45, 7) is 3.47. The van der Waals surface area contributed by atoms with E-state index in [9.17, 15) is 9.00 Å². The van der Waals surface area contributed by atoms with Crippen molar-refractivity contribution in [3.63, 3.8) is 0 Å². The van der Waals surface area contributed by atoms with Crippen molar-refractivity contribution < 1.29 is 14.1 Å². The van der Waals surface area contributed by atoms with E-state index in [2.05, 4.69) is 15.9 Å². The van der Waals surface area contributed by atoms with Crippen LogP contribution in [0.1, 0.15) is 11.1 Å². The Hall–Kier alpha value is -1.66. The molecule has 0 spiro atoms. The third-order valence-corrected chi connectivity index (χ3v) is 5.47. The minimum absolute atomic E-state index is 0.336. The van der Waals surface area contributed by atoms with Gasteiger partial charge in [-0.05, 0) is 43.7 Å². The summed E-state index contributed by atoms with van der Waals surface area (Å²) < 4.78 is 15.1. The van der Waals surface area contributed by atoms with Crippen LogP contribution < -0.4 is 4.31 Å². The molecule has 4 nitrogen and oxygen atoms in total. The van der Waals surface area contributed by atoms with E-state index in [4.69, 9.17) is 5.11 Å². The number of rotatable bonds is 5. The summed E-state index contributed by atoms with van der Waals surface area (Å²) in [4.78, 5) is 11.8. The van der Waals surface area contributed by atoms with Gasteiger partial charge < -0.3 is 5.11 Å². The van der Waals surface area contributed by atoms with E-state index < -0.39 is 17.0 Å². The van der Waals surface area contributed by atoms with Crippen LogP contribution in [0.15, 0.2) is 51.8 Å². The van der Waals surface area contributed by atoms with Crippen molar-refractivity contribution in [2.24, 2.45) is 0 Å². The van der Waals surface area contributed by atoms with Gasteiger partial charge in [0.15, 0.2) is 11.0 Å². The van der Waals surface area contributed by atoms with Gasteiger partial charge in [0.05, 0.1) is 10.6 Å². The summed E-state index contributed by atoms with van der Waals surface area (Å²) in [5.41, 5.74) is 2.55. The fourth-order valence-corrected chi connectivity index (χ4v) is 3.59. The summed E-state index contributed by atoms with van der Waals surface area (Å²) >= 11 is 3.42. The van der Waals surface area contributed by atoms with Gasteiger partial charge >= 0.3 is 5.97 Å². The Balaban J connectivity index is 2.46. The average molecular weight is 382 g/mol. The molecule has 6 heteroatoms. The second kappa shape index (κ2) is 7.07. The molecular weight excluding hydrogens is 366 g/mol. The molecule has 22 heavy (non-hydrogen) atoms. The van der Waals surface area contributed by atoms with Gasteiger partial charge in [-0.15, -0.1) is 0 Å². The standard InChI is InChI=1S/C16H16BrNO3S/c1-11-6-8-13(9-7-11)22(21)18(10-16(19)20)15-5-3-4-14(17)12(15)2/h3-9H,10H2,1-2H3,(H,19,20). The van der Waals surface area contributed by atoms with Crippen LogP contribution in [0.4, 0.5) is 5.69 Å². The molecule has 0 radical (unpaired) electrons. The van der Waals surface area contributed by atoms with Crippen LogP contribution in [-0.2, 0) is 15.8 Å². The fraction of sp³-hybridized carbons (Fsp3) is 0.188. The Labute approximate surface area is 140 Å². The summed E-state index contributed by atoms with van der Waals surface area (Å²) in [5.74, 6) is -1.03. The van der Waals surface area contributed by atoms with Gasteiger partial charge in [0.1, 0.15) is 6.54 Å². The first-order valence-electron chi connectivity index (χ1n) is 6.63. The summed E-state index contributed by atoms with van der Waals surface area (Å²) in [6, 6.07) is 12.7. The van der Waals surface area contributed by atoms with Crippen LogP contribution in [0, 0.1) is 13.8 Å². The lowest BCUT2D eigenvalue weighted by Gasteiger charge is -2.24. The molecule has 0 saturated heterocycles. The topological polar surface area (TPSA) is 57.6 Å². The maximum Gasteiger partial charge on any atom is 0.324 e. The van der Waals surface area contributed by atoms with Crippen molar-refractivity contribution in [1.82, 2.24) is 0 Å². The molecule has 0 aliphatic heterocycles. The Morgan fingerprint density at radius 2 is 1.82 bits per heavy atom. The van der Waals surface area contributed by atoms with Crippen LogP contribution in [0.25, 0.3) is 0 Å². The van der Waals surface area contributed by atoms with Crippen LogP contribution in [0.5, 0.6) is 0 Å². The number of halogens is 1. The highest BCUT2D eigenvalue weighted by molar-refractivity contribution is 9.10. The molecule has 2 aromatic rings. The SMILES string of the molecule is Cc1ccc(S(=O)N(CC(=O)O)c2cccc(Br)c2C)cc1. The van der Waals surface area contributed by atoms with Crippen LogP contribution in [0.3, 0.4) is 0 Å².